The maximum Gasteiger partial charge on any atom is 0.393 e. The molecule has 4 nitrogen and oxygen atoms in total. The van der Waals surface area contributed by atoms with Gasteiger partial charge in [-0.15, -0.1) is 0 Å². The van der Waals surface area contributed by atoms with E-state index in [0.717, 1.165) is 12.1 Å². The fraction of sp³-hybridized carbons (Fsp3) is 0.769. The highest BCUT2D eigenvalue weighted by Gasteiger charge is 2.11. The van der Waals surface area contributed by atoms with Gasteiger partial charge in [0.25, 0.3) is 0 Å². The molecule has 4 heteroatoms. The second kappa shape index (κ2) is 6.64. The van der Waals surface area contributed by atoms with E-state index in [2.05, 4.69) is 38.0 Å². The summed E-state index contributed by atoms with van der Waals surface area (Å²) in [4.78, 5) is 4.28. The molecule has 98 valence electrons. The average molecular weight is 240 g/mol. The quantitative estimate of drug-likeness (QED) is 0.796. The van der Waals surface area contributed by atoms with Crippen LogP contribution in [-0.4, -0.2) is 17.1 Å². The van der Waals surface area contributed by atoms with E-state index in [1.54, 1.807) is 6.26 Å². The van der Waals surface area contributed by atoms with E-state index in [9.17, 15) is 0 Å². The van der Waals surface area contributed by atoms with Crippen molar-refractivity contribution in [3.8, 4) is 6.08 Å². The standard InChI is InChI=1S/C13H24N2O2/c1-9(2)6-11(5)17-13-15-12(8-16-13)7-14-10(3)4/h8-11,14H,6-7H2,1-5H3. The maximum absolute atomic E-state index is 5.61. The van der Waals surface area contributed by atoms with Crippen LogP contribution in [0.3, 0.4) is 0 Å². The van der Waals surface area contributed by atoms with Gasteiger partial charge in [0.15, 0.2) is 0 Å². The third-order valence-corrected chi connectivity index (χ3v) is 2.33. The molecule has 0 spiro atoms. The minimum atomic E-state index is 0.138. The first-order chi connectivity index (χ1) is 7.97. The number of aromatic nitrogens is 1. The lowest BCUT2D eigenvalue weighted by Gasteiger charge is -2.13. The van der Waals surface area contributed by atoms with Crippen LogP contribution < -0.4 is 10.1 Å². The highest BCUT2D eigenvalue weighted by Crippen LogP contribution is 2.15. The Morgan fingerprint density at radius 1 is 1.29 bits per heavy atom. The third kappa shape index (κ3) is 5.73. The van der Waals surface area contributed by atoms with E-state index in [0.29, 0.717) is 24.6 Å². The molecular weight excluding hydrogens is 216 g/mol. The highest BCUT2D eigenvalue weighted by atomic mass is 16.6. The molecule has 0 aliphatic rings. The number of hydrogen-bond acceptors (Lipinski definition) is 4. The average Bonchev–Trinajstić information content (AvgIpc) is 2.61. The van der Waals surface area contributed by atoms with Gasteiger partial charge < -0.3 is 14.5 Å². The Kier molecular flexibility index (Phi) is 5.48. The SMILES string of the molecule is CC(C)CC(C)Oc1nc(CNC(C)C)co1. The third-order valence-electron chi connectivity index (χ3n) is 2.33. The topological polar surface area (TPSA) is 47.3 Å². The van der Waals surface area contributed by atoms with E-state index in [1.165, 1.54) is 0 Å². The Balaban J connectivity index is 2.39. The molecule has 0 amide bonds. The lowest BCUT2D eigenvalue weighted by atomic mass is 10.1. The lowest BCUT2D eigenvalue weighted by molar-refractivity contribution is 0.142. The van der Waals surface area contributed by atoms with Gasteiger partial charge in [0.05, 0.1) is 5.69 Å². The van der Waals surface area contributed by atoms with E-state index >= 15 is 0 Å². The summed E-state index contributed by atoms with van der Waals surface area (Å²) in [5.41, 5.74) is 0.880. The van der Waals surface area contributed by atoms with Gasteiger partial charge in [0.2, 0.25) is 0 Å². The molecule has 0 aliphatic carbocycles. The molecule has 0 saturated heterocycles. The Labute approximate surface area is 104 Å². The van der Waals surface area contributed by atoms with E-state index in [4.69, 9.17) is 9.15 Å². The second-order valence-corrected chi connectivity index (χ2v) is 5.20. The Hall–Kier alpha value is -1.03. The predicted molar refractivity (Wildman–Crippen MR) is 68.0 cm³/mol. The van der Waals surface area contributed by atoms with Crippen LogP contribution in [0.15, 0.2) is 10.7 Å². The number of nitrogens with one attached hydrogen (secondary N) is 1. The monoisotopic (exact) mass is 240 g/mol. The van der Waals surface area contributed by atoms with Gasteiger partial charge in [0, 0.05) is 12.6 Å². The summed E-state index contributed by atoms with van der Waals surface area (Å²) in [6.45, 7) is 11.3. The van der Waals surface area contributed by atoms with Crippen molar-refractivity contribution in [2.45, 2.75) is 59.7 Å². The molecule has 0 radical (unpaired) electrons. The fourth-order valence-electron chi connectivity index (χ4n) is 1.62. The van der Waals surface area contributed by atoms with Crippen LogP contribution >= 0.6 is 0 Å². The summed E-state index contributed by atoms with van der Waals surface area (Å²) in [6, 6.07) is 0.441. The maximum atomic E-state index is 5.61. The minimum absolute atomic E-state index is 0.138. The second-order valence-electron chi connectivity index (χ2n) is 5.20. The summed E-state index contributed by atoms with van der Waals surface area (Å²) in [7, 11) is 0. The Bertz CT molecular complexity index is 321. The summed E-state index contributed by atoms with van der Waals surface area (Å²) >= 11 is 0. The number of ether oxygens (including phenoxy) is 1. The summed E-state index contributed by atoms with van der Waals surface area (Å²) in [6.07, 6.45) is 3.16. The minimum Gasteiger partial charge on any atom is -0.447 e. The van der Waals surface area contributed by atoms with Crippen LogP contribution in [-0.2, 0) is 6.54 Å². The molecule has 0 fully saturated rings. The first kappa shape index (κ1) is 14.0. The van der Waals surface area contributed by atoms with Crippen molar-refractivity contribution < 1.29 is 9.15 Å². The fourth-order valence-corrected chi connectivity index (χ4v) is 1.62. The van der Waals surface area contributed by atoms with Gasteiger partial charge in [-0.05, 0) is 19.3 Å². The molecule has 1 unspecified atom stereocenters. The summed E-state index contributed by atoms with van der Waals surface area (Å²) in [5, 5.41) is 3.28. The molecule has 1 rings (SSSR count). The molecule has 17 heavy (non-hydrogen) atoms. The Morgan fingerprint density at radius 3 is 2.59 bits per heavy atom. The number of rotatable bonds is 7. The summed E-state index contributed by atoms with van der Waals surface area (Å²) < 4.78 is 10.9. The van der Waals surface area contributed by atoms with E-state index < -0.39 is 0 Å². The van der Waals surface area contributed by atoms with Gasteiger partial charge in [-0.2, -0.15) is 4.98 Å². The molecule has 0 saturated carbocycles. The normalized spacial score (nSPS) is 13.4. The van der Waals surface area contributed by atoms with Crippen LogP contribution in [0.2, 0.25) is 0 Å². The molecule has 1 heterocycles. The van der Waals surface area contributed by atoms with Crippen molar-refractivity contribution in [1.82, 2.24) is 10.3 Å². The number of nitrogens with zero attached hydrogens (tertiary/aromatic N) is 1. The van der Waals surface area contributed by atoms with Crippen LogP contribution in [0.1, 0.15) is 46.7 Å². The molecule has 0 bridgehead atoms. The highest BCUT2D eigenvalue weighted by molar-refractivity contribution is 4.99. The number of oxazole rings is 1. The molecule has 1 aromatic rings. The van der Waals surface area contributed by atoms with Crippen molar-refractivity contribution in [3.05, 3.63) is 12.0 Å². The van der Waals surface area contributed by atoms with Crippen molar-refractivity contribution in [1.29, 1.82) is 0 Å². The largest absolute Gasteiger partial charge is 0.447 e. The van der Waals surface area contributed by atoms with Gasteiger partial charge in [0.1, 0.15) is 12.4 Å². The molecule has 1 aromatic heterocycles. The van der Waals surface area contributed by atoms with Gasteiger partial charge in [-0.1, -0.05) is 27.7 Å². The van der Waals surface area contributed by atoms with Gasteiger partial charge in [-0.3, -0.25) is 0 Å². The molecule has 0 aliphatic heterocycles. The van der Waals surface area contributed by atoms with Gasteiger partial charge in [-0.25, -0.2) is 0 Å². The van der Waals surface area contributed by atoms with Crippen LogP contribution in [0.4, 0.5) is 0 Å². The van der Waals surface area contributed by atoms with Crippen LogP contribution in [0, 0.1) is 5.92 Å². The van der Waals surface area contributed by atoms with Crippen molar-refractivity contribution in [3.63, 3.8) is 0 Å². The molecular formula is C13H24N2O2. The van der Waals surface area contributed by atoms with Crippen molar-refractivity contribution in [2.75, 3.05) is 0 Å². The predicted octanol–water partition coefficient (Wildman–Crippen LogP) is 2.99. The summed E-state index contributed by atoms with van der Waals surface area (Å²) in [5.74, 6) is 0.613. The molecule has 0 aromatic carbocycles. The first-order valence-electron chi connectivity index (χ1n) is 6.31. The number of hydrogen-bond donors (Lipinski definition) is 1. The van der Waals surface area contributed by atoms with Crippen LogP contribution in [0.5, 0.6) is 6.08 Å². The zero-order valence-corrected chi connectivity index (χ0v) is 11.5. The van der Waals surface area contributed by atoms with Gasteiger partial charge >= 0.3 is 6.08 Å². The zero-order valence-electron chi connectivity index (χ0n) is 11.5. The Morgan fingerprint density at radius 2 is 2.00 bits per heavy atom. The first-order valence-corrected chi connectivity index (χ1v) is 6.31. The lowest BCUT2D eigenvalue weighted by Crippen LogP contribution is -2.22. The zero-order chi connectivity index (χ0) is 12.8. The van der Waals surface area contributed by atoms with E-state index in [1.807, 2.05) is 6.92 Å². The van der Waals surface area contributed by atoms with Crippen molar-refractivity contribution in [2.24, 2.45) is 5.92 Å². The van der Waals surface area contributed by atoms with Crippen LogP contribution in [0.25, 0.3) is 0 Å². The molecule has 1 atom stereocenters. The van der Waals surface area contributed by atoms with Crippen molar-refractivity contribution >= 4 is 0 Å². The molecule has 1 N–H and O–H groups in total. The van der Waals surface area contributed by atoms with E-state index in [-0.39, 0.29) is 6.10 Å². The smallest absolute Gasteiger partial charge is 0.393 e.